The van der Waals surface area contributed by atoms with E-state index in [4.69, 9.17) is 9.73 Å². The first kappa shape index (κ1) is 26.1. The molecule has 0 spiro atoms. The molecule has 1 aliphatic heterocycles. The molecule has 9 heteroatoms. The van der Waals surface area contributed by atoms with Crippen molar-refractivity contribution in [2.75, 3.05) is 39.3 Å². The minimum absolute atomic E-state index is 0. The second kappa shape index (κ2) is 13.4. The van der Waals surface area contributed by atoms with Crippen molar-refractivity contribution in [3.05, 3.63) is 15.6 Å². The number of esters is 1. The van der Waals surface area contributed by atoms with Crippen LogP contribution in [-0.2, 0) is 4.74 Å². The summed E-state index contributed by atoms with van der Waals surface area (Å²) in [7, 11) is 0. The molecule has 2 heterocycles. The molecule has 1 aromatic heterocycles. The van der Waals surface area contributed by atoms with Gasteiger partial charge >= 0.3 is 5.97 Å². The summed E-state index contributed by atoms with van der Waals surface area (Å²) in [5.74, 6) is 1.33. The van der Waals surface area contributed by atoms with Gasteiger partial charge in [0.25, 0.3) is 0 Å². The second-order valence-electron chi connectivity index (χ2n) is 7.34. The summed E-state index contributed by atoms with van der Waals surface area (Å²) in [5, 5.41) is 7.56. The number of nitrogens with zero attached hydrogens (tertiary/aromatic N) is 3. The van der Waals surface area contributed by atoms with Gasteiger partial charge in [0, 0.05) is 13.1 Å². The van der Waals surface area contributed by atoms with Crippen molar-refractivity contribution in [2.24, 2.45) is 10.9 Å². The Morgan fingerprint density at radius 2 is 2.07 bits per heavy atom. The number of carbonyl (C=O) groups is 1. The molecule has 1 unspecified atom stereocenters. The fourth-order valence-electron chi connectivity index (χ4n) is 3.16. The van der Waals surface area contributed by atoms with E-state index in [1.54, 1.807) is 0 Å². The Bertz CT molecular complexity index is 659. The highest BCUT2D eigenvalue weighted by molar-refractivity contribution is 14.0. The molecule has 1 fully saturated rings. The lowest BCUT2D eigenvalue weighted by atomic mass is 9.99. The summed E-state index contributed by atoms with van der Waals surface area (Å²) in [6.07, 6.45) is 2.57. The number of rotatable bonds is 8. The van der Waals surface area contributed by atoms with E-state index in [1.807, 2.05) is 20.8 Å². The maximum absolute atomic E-state index is 12.0. The van der Waals surface area contributed by atoms with E-state index < -0.39 is 0 Å². The van der Waals surface area contributed by atoms with Crippen molar-refractivity contribution in [2.45, 2.75) is 53.5 Å². The van der Waals surface area contributed by atoms with Crippen LogP contribution in [0.4, 0.5) is 0 Å². The SMILES string of the molecule is CCNC(=NCCN1CCC(C)CC1)NC(C)c1nc(C)c(C(=O)OCC)s1.I. The molecule has 0 amide bonds. The van der Waals surface area contributed by atoms with E-state index >= 15 is 0 Å². The molecular weight excluding hydrogens is 501 g/mol. The van der Waals surface area contributed by atoms with Crippen molar-refractivity contribution >= 4 is 47.2 Å². The predicted octanol–water partition coefficient (Wildman–Crippen LogP) is 3.59. The highest BCUT2D eigenvalue weighted by Crippen LogP contribution is 2.24. The first-order chi connectivity index (χ1) is 13.4. The van der Waals surface area contributed by atoms with Crippen LogP contribution in [0.2, 0.25) is 0 Å². The maximum Gasteiger partial charge on any atom is 0.350 e. The summed E-state index contributed by atoms with van der Waals surface area (Å²) >= 11 is 1.38. The Hall–Kier alpha value is -0.940. The van der Waals surface area contributed by atoms with Gasteiger partial charge in [-0.15, -0.1) is 35.3 Å². The monoisotopic (exact) mass is 537 g/mol. The largest absolute Gasteiger partial charge is 0.462 e. The van der Waals surface area contributed by atoms with Crippen LogP contribution in [0.1, 0.15) is 67.0 Å². The average Bonchev–Trinajstić information content (AvgIpc) is 3.06. The van der Waals surface area contributed by atoms with Crippen LogP contribution >= 0.6 is 35.3 Å². The third-order valence-electron chi connectivity index (χ3n) is 4.90. The van der Waals surface area contributed by atoms with Crippen LogP contribution in [0.25, 0.3) is 0 Å². The number of hydrogen-bond acceptors (Lipinski definition) is 6. The molecular formula is C20H36IN5O2S. The fourth-order valence-corrected chi connectivity index (χ4v) is 4.13. The molecule has 0 bridgehead atoms. The number of halogens is 1. The van der Waals surface area contributed by atoms with E-state index in [-0.39, 0.29) is 36.0 Å². The number of nitrogens with one attached hydrogen (secondary N) is 2. The standard InChI is InChI=1S/C20H35N5O2S.HI/c1-6-21-20(22-10-13-25-11-8-14(3)9-12-25)24-16(5)18-23-15(4)17(28-18)19(26)27-7-2;/h14,16H,6-13H2,1-5H3,(H2,21,22,24);1H. The van der Waals surface area contributed by atoms with Crippen LogP contribution in [0, 0.1) is 12.8 Å². The number of aromatic nitrogens is 1. The molecule has 1 aliphatic rings. The smallest absolute Gasteiger partial charge is 0.350 e. The number of likely N-dealkylation sites (tertiary alicyclic amines) is 1. The molecule has 0 saturated carbocycles. The Kier molecular flexibility index (Phi) is 12.0. The van der Waals surface area contributed by atoms with E-state index in [9.17, 15) is 4.79 Å². The van der Waals surface area contributed by atoms with E-state index in [0.717, 1.165) is 36.5 Å². The van der Waals surface area contributed by atoms with Gasteiger partial charge in [0.05, 0.1) is 24.9 Å². The number of guanidine groups is 1. The molecule has 1 atom stereocenters. The molecule has 166 valence electrons. The third-order valence-corrected chi connectivity index (χ3v) is 6.22. The zero-order valence-corrected chi connectivity index (χ0v) is 21.4. The summed E-state index contributed by atoms with van der Waals surface area (Å²) in [6, 6.07) is -0.0412. The maximum atomic E-state index is 12.0. The van der Waals surface area contributed by atoms with Crippen LogP contribution in [-0.4, -0.2) is 61.1 Å². The Labute approximate surface area is 196 Å². The Morgan fingerprint density at radius 1 is 1.38 bits per heavy atom. The molecule has 0 aliphatic carbocycles. The summed E-state index contributed by atoms with van der Waals surface area (Å²) < 4.78 is 5.11. The number of hydrogen-bond donors (Lipinski definition) is 2. The van der Waals surface area contributed by atoms with Gasteiger partial charge in [-0.2, -0.15) is 0 Å². The highest BCUT2D eigenvalue weighted by atomic mass is 127. The minimum Gasteiger partial charge on any atom is -0.462 e. The fraction of sp³-hybridized carbons (Fsp3) is 0.750. The number of thiazole rings is 1. The average molecular weight is 538 g/mol. The molecule has 2 rings (SSSR count). The van der Waals surface area contributed by atoms with Gasteiger partial charge in [0.1, 0.15) is 9.88 Å². The topological polar surface area (TPSA) is 78.9 Å². The number of aliphatic imine (C=N–C) groups is 1. The van der Waals surface area contributed by atoms with Gasteiger partial charge in [-0.25, -0.2) is 9.78 Å². The Balaban J connectivity index is 0.00000420. The molecule has 1 aromatic rings. The molecule has 0 aromatic carbocycles. The first-order valence-corrected chi connectivity index (χ1v) is 11.2. The van der Waals surface area contributed by atoms with Gasteiger partial charge in [-0.1, -0.05) is 6.92 Å². The number of ether oxygens (including phenoxy) is 1. The van der Waals surface area contributed by atoms with Crippen molar-refractivity contribution in [1.29, 1.82) is 0 Å². The quantitative estimate of drug-likeness (QED) is 0.229. The van der Waals surface area contributed by atoms with Crippen molar-refractivity contribution in [1.82, 2.24) is 20.5 Å². The van der Waals surface area contributed by atoms with Crippen molar-refractivity contribution < 1.29 is 9.53 Å². The summed E-state index contributed by atoms with van der Waals surface area (Å²) in [6.45, 7) is 15.3. The lowest BCUT2D eigenvalue weighted by Crippen LogP contribution is -2.40. The van der Waals surface area contributed by atoms with Gasteiger partial charge in [-0.05, 0) is 59.5 Å². The molecule has 7 nitrogen and oxygen atoms in total. The van der Waals surface area contributed by atoms with Crippen LogP contribution in [0.3, 0.4) is 0 Å². The Morgan fingerprint density at radius 3 is 2.69 bits per heavy atom. The van der Waals surface area contributed by atoms with Gasteiger partial charge in [-0.3, -0.25) is 4.99 Å². The van der Waals surface area contributed by atoms with Gasteiger partial charge in [0.15, 0.2) is 5.96 Å². The van der Waals surface area contributed by atoms with Crippen LogP contribution < -0.4 is 10.6 Å². The van der Waals surface area contributed by atoms with E-state index in [0.29, 0.717) is 17.2 Å². The van der Waals surface area contributed by atoms with Crippen molar-refractivity contribution in [3.8, 4) is 0 Å². The van der Waals surface area contributed by atoms with Crippen molar-refractivity contribution in [3.63, 3.8) is 0 Å². The van der Waals surface area contributed by atoms with Crippen LogP contribution in [0.15, 0.2) is 4.99 Å². The lowest BCUT2D eigenvalue weighted by molar-refractivity contribution is 0.0531. The summed E-state index contributed by atoms with van der Waals surface area (Å²) in [4.78, 5) is 24.4. The molecule has 0 radical (unpaired) electrons. The zero-order chi connectivity index (χ0) is 20.5. The number of aryl methyl sites for hydroxylation is 1. The number of piperidine rings is 1. The van der Waals surface area contributed by atoms with E-state index in [2.05, 4.69) is 34.4 Å². The zero-order valence-electron chi connectivity index (χ0n) is 18.3. The lowest BCUT2D eigenvalue weighted by Gasteiger charge is -2.29. The minimum atomic E-state index is -0.299. The third kappa shape index (κ3) is 8.37. The second-order valence-corrected chi connectivity index (χ2v) is 8.37. The predicted molar refractivity (Wildman–Crippen MR) is 131 cm³/mol. The molecule has 2 N–H and O–H groups in total. The first-order valence-electron chi connectivity index (χ1n) is 10.4. The van der Waals surface area contributed by atoms with E-state index in [1.165, 1.54) is 37.3 Å². The highest BCUT2D eigenvalue weighted by Gasteiger charge is 2.20. The van der Waals surface area contributed by atoms with Gasteiger partial charge < -0.3 is 20.3 Å². The number of carbonyl (C=O) groups excluding carboxylic acids is 1. The molecule has 1 saturated heterocycles. The van der Waals surface area contributed by atoms with Gasteiger partial charge in [0.2, 0.25) is 0 Å². The molecule has 29 heavy (non-hydrogen) atoms. The normalized spacial score (nSPS) is 16.8. The summed E-state index contributed by atoms with van der Waals surface area (Å²) in [5.41, 5.74) is 0.716. The van der Waals surface area contributed by atoms with Crippen LogP contribution in [0.5, 0.6) is 0 Å².